The lowest BCUT2D eigenvalue weighted by Crippen LogP contribution is -2.46. The van der Waals surface area contributed by atoms with Gasteiger partial charge < -0.3 is 4.48 Å². The molecule has 0 saturated carbocycles. The van der Waals surface area contributed by atoms with Gasteiger partial charge in [0.05, 0.1) is 19.6 Å². The second-order valence-electron chi connectivity index (χ2n) is 4.76. The van der Waals surface area contributed by atoms with E-state index in [-0.39, 0.29) is 0 Å². The molecule has 1 rings (SSSR count). The first-order valence-electron chi connectivity index (χ1n) is 6.73. The quantitative estimate of drug-likeness (QED) is 0.495. The van der Waals surface area contributed by atoms with Crippen LogP contribution in [0.25, 0.3) is 0 Å². The Morgan fingerprint density at radius 1 is 0.941 bits per heavy atom. The first-order valence-corrected chi connectivity index (χ1v) is 6.73. The van der Waals surface area contributed by atoms with E-state index in [4.69, 9.17) is 0 Å². The highest BCUT2D eigenvalue weighted by molar-refractivity contribution is 5.23. The summed E-state index contributed by atoms with van der Waals surface area (Å²) in [4.78, 5) is 0. The van der Waals surface area contributed by atoms with Crippen LogP contribution in [-0.4, -0.2) is 24.1 Å². The zero-order valence-corrected chi connectivity index (χ0v) is 11.6. The van der Waals surface area contributed by atoms with Gasteiger partial charge in [-0.15, -0.1) is 6.58 Å². The molecule has 94 valence electrons. The van der Waals surface area contributed by atoms with Crippen LogP contribution in [0.2, 0.25) is 0 Å². The molecule has 0 aliphatic heterocycles. The van der Waals surface area contributed by atoms with Crippen LogP contribution in [0.4, 0.5) is 0 Å². The summed E-state index contributed by atoms with van der Waals surface area (Å²) in [5, 5.41) is 0. The monoisotopic (exact) mass is 232 g/mol. The van der Waals surface area contributed by atoms with E-state index in [0.717, 1.165) is 13.0 Å². The number of quaternary nitrogens is 1. The van der Waals surface area contributed by atoms with Gasteiger partial charge in [0, 0.05) is 5.56 Å². The Morgan fingerprint density at radius 2 is 1.41 bits per heavy atom. The van der Waals surface area contributed by atoms with Crippen LogP contribution in [0.3, 0.4) is 0 Å². The van der Waals surface area contributed by atoms with Crippen molar-refractivity contribution in [2.45, 2.75) is 33.7 Å². The first-order chi connectivity index (χ1) is 8.19. The van der Waals surface area contributed by atoms with E-state index in [2.05, 4.69) is 51.6 Å². The lowest BCUT2D eigenvalue weighted by Gasteiger charge is -2.35. The second kappa shape index (κ2) is 6.61. The van der Waals surface area contributed by atoms with Gasteiger partial charge in [0.2, 0.25) is 0 Å². The third-order valence-electron chi connectivity index (χ3n) is 3.93. The SMILES string of the molecule is C=CCc1ccc(C[N+](CC)(CC)CC)cc1. The summed E-state index contributed by atoms with van der Waals surface area (Å²) in [7, 11) is 0. The average molecular weight is 232 g/mol. The molecule has 0 saturated heterocycles. The van der Waals surface area contributed by atoms with Crippen molar-refractivity contribution in [3.63, 3.8) is 0 Å². The van der Waals surface area contributed by atoms with Crippen molar-refractivity contribution >= 4 is 0 Å². The molecule has 17 heavy (non-hydrogen) atoms. The van der Waals surface area contributed by atoms with Crippen LogP contribution >= 0.6 is 0 Å². The normalized spacial score (nSPS) is 11.5. The highest BCUT2D eigenvalue weighted by atomic mass is 15.3. The fourth-order valence-electron chi connectivity index (χ4n) is 2.34. The highest BCUT2D eigenvalue weighted by Gasteiger charge is 2.20. The molecule has 0 bridgehead atoms. The zero-order valence-electron chi connectivity index (χ0n) is 11.6. The Balaban J connectivity index is 2.76. The van der Waals surface area contributed by atoms with Gasteiger partial charge >= 0.3 is 0 Å². The third kappa shape index (κ3) is 3.71. The molecule has 0 unspecified atom stereocenters. The van der Waals surface area contributed by atoms with Crippen LogP contribution in [0.5, 0.6) is 0 Å². The van der Waals surface area contributed by atoms with Gasteiger partial charge in [0.15, 0.2) is 0 Å². The average Bonchev–Trinajstić information content (AvgIpc) is 2.39. The summed E-state index contributed by atoms with van der Waals surface area (Å²) >= 11 is 0. The number of hydrogen-bond donors (Lipinski definition) is 0. The highest BCUT2D eigenvalue weighted by Crippen LogP contribution is 2.15. The lowest BCUT2D eigenvalue weighted by atomic mass is 10.1. The molecule has 0 N–H and O–H groups in total. The smallest absolute Gasteiger partial charge is 0.104 e. The van der Waals surface area contributed by atoms with Crippen molar-refractivity contribution < 1.29 is 4.48 Å². The van der Waals surface area contributed by atoms with Crippen LogP contribution in [0.15, 0.2) is 36.9 Å². The molecule has 0 aliphatic carbocycles. The predicted molar refractivity (Wildman–Crippen MR) is 75.9 cm³/mol. The van der Waals surface area contributed by atoms with Gasteiger partial charge in [-0.1, -0.05) is 30.3 Å². The summed E-state index contributed by atoms with van der Waals surface area (Å²) in [6.45, 7) is 15.4. The van der Waals surface area contributed by atoms with E-state index in [1.165, 1.54) is 35.2 Å². The van der Waals surface area contributed by atoms with E-state index in [1.54, 1.807) is 0 Å². The van der Waals surface area contributed by atoms with E-state index in [9.17, 15) is 0 Å². The minimum atomic E-state index is 0.968. The molecule has 1 aromatic rings. The van der Waals surface area contributed by atoms with Gasteiger partial charge in [-0.2, -0.15) is 0 Å². The number of benzene rings is 1. The molecule has 0 atom stereocenters. The van der Waals surface area contributed by atoms with Crippen molar-refractivity contribution in [2.75, 3.05) is 19.6 Å². The summed E-state index contributed by atoms with van der Waals surface area (Å²) in [6, 6.07) is 9.00. The van der Waals surface area contributed by atoms with E-state index < -0.39 is 0 Å². The molecule has 0 heterocycles. The van der Waals surface area contributed by atoms with Crippen molar-refractivity contribution in [2.24, 2.45) is 0 Å². The Kier molecular flexibility index (Phi) is 5.43. The number of hydrogen-bond acceptors (Lipinski definition) is 0. The summed E-state index contributed by atoms with van der Waals surface area (Å²) in [5.41, 5.74) is 2.80. The molecule has 0 amide bonds. The Morgan fingerprint density at radius 3 is 1.82 bits per heavy atom. The fraction of sp³-hybridized carbons (Fsp3) is 0.500. The molecule has 0 aliphatic rings. The van der Waals surface area contributed by atoms with Crippen molar-refractivity contribution in [1.29, 1.82) is 0 Å². The largest absolute Gasteiger partial charge is 0.321 e. The first kappa shape index (κ1) is 14.0. The van der Waals surface area contributed by atoms with Gasteiger partial charge in [0.1, 0.15) is 6.54 Å². The van der Waals surface area contributed by atoms with E-state index >= 15 is 0 Å². The Labute approximate surface area is 106 Å². The standard InChI is InChI=1S/C16H26N/c1-5-9-15-10-12-16(13-11-15)14-17(6-2,7-3)8-4/h5,10-13H,1,6-9,14H2,2-4H3/q+1. The van der Waals surface area contributed by atoms with E-state index in [0.29, 0.717) is 0 Å². The topological polar surface area (TPSA) is 0 Å². The fourth-order valence-corrected chi connectivity index (χ4v) is 2.34. The minimum absolute atomic E-state index is 0.968. The molecule has 1 nitrogen and oxygen atoms in total. The molecular weight excluding hydrogens is 206 g/mol. The van der Waals surface area contributed by atoms with E-state index in [1.807, 2.05) is 6.08 Å². The number of rotatable bonds is 7. The van der Waals surface area contributed by atoms with Crippen LogP contribution in [-0.2, 0) is 13.0 Å². The maximum atomic E-state index is 3.77. The minimum Gasteiger partial charge on any atom is -0.321 e. The van der Waals surface area contributed by atoms with Gasteiger partial charge in [-0.3, -0.25) is 0 Å². The summed E-state index contributed by atoms with van der Waals surface area (Å²) in [5.74, 6) is 0. The third-order valence-corrected chi connectivity index (χ3v) is 3.93. The second-order valence-corrected chi connectivity index (χ2v) is 4.76. The molecule has 1 aromatic carbocycles. The van der Waals surface area contributed by atoms with Crippen LogP contribution in [0, 0.1) is 0 Å². The van der Waals surface area contributed by atoms with Crippen LogP contribution in [0.1, 0.15) is 31.9 Å². The Hall–Kier alpha value is -1.08. The molecular formula is C16H26N+. The molecule has 0 radical (unpaired) electrons. The van der Waals surface area contributed by atoms with Crippen LogP contribution < -0.4 is 0 Å². The van der Waals surface area contributed by atoms with Crippen molar-refractivity contribution in [1.82, 2.24) is 0 Å². The number of allylic oxidation sites excluding steroid dienone is 1. The summed E-state index contributed by atoms with van der Waals surface area (Å²) in [6.07, 6.45) is 2.93. The number of nitrogens with zero attached hydrogens (tertiary/aromatic N) is 1. The molecule has 0 spiro atoms. The molecule has 1 heteroatoms. The Bertz CT molecular complexity index is 325. The lowest BCUT2D eigenvalue weighted by molar-refractivity contribution is -0.936. The van der Waals surface area contributed by atoms with Gasteiger partial charge in [-0.25, -0.2) is 0 Å². The maximum Gasteiger partial charge on any atom is 0.104 e. The van der Waals surface area contributed by atoms with Crippen molar-refractivity contribution in [3.8, 4) is 0 Å². The van der Waals surface area contributed by atoms with Gasteiger partial charge in [-0.05, 0) is 32.8 Å². The zero-order chi connectivity index (χ0) is 12.7. The predicted octanol–water partition coefficient (Wildman–Crippen LogP) is 3.79. The van der Waals surface area contributed by atoms with Gasteiger partial charge in [0.25, 0.3) is 0 Å². The maximum absolute atomic E-state index is 3.77. The van der Waals surface area contributed by atoms with Crippen molar-refractivity contribution in [3.05, 3.63) is 48.0 Å². The molecule has 0 fully saturated rings. The molecule has 0 aromatic heterocycles. The summed E-state index contributed by atoms with van der Waals surface area (Å²) < 4.78 is 1.18.